The Bertz CT molecular complexity index is 1060. The second-order valence-corrected chi connectivity index (χ2v) is 7.17. The second-order valence-electron chi connectivity index (χ2n) is 7.17. The van der Waals surface area contributed by atoms with Gasteiger partial charge in [-0.1, -0.05) is 25.1 Å². The molecule has 0 amide bonds. The molecule has 4 N–H and O–H groups in total. The van der Waals surface area contributed by atoms with Gasteiger partial charge in [0, 0.05) is 16.0 Å². The molecule has 140 valence electrons. The van der Waals surface area contributed by atoms with E-state index in [-0.39, 0.29) is 28.9 Å². The van der Waals surface area contributed by atoms with E-state index in [1.54, 1.807) is 18.2 Å². The molecule has 1 aliphatic heterocycles. The maximum atomic E-state index is 11.5. The fourth-order valence-corrected chi connectivity index (χ4v) is 4.17. The highest BCUT2D eigenvalue weighted by atomic mass is 16.5. The third kappa shape index (κ3) is 2.68. The Balaban J connectivity index is 1.99. The van der Waals surface area contributed by atoms with Crippen LogP contribution in [0.25, 0.3) is 12.2 Å². The lowest BCUT2D eigenvalue weighted by atomic mass is 9.74. The lowest BCUT2D eigenvalue weighted by Gasteiger charge is -2.32. The van der Waals surface area contributed by atoms with Crippen molar-refractivity contribution in [1.82, 2.24) is 0 Å². The standard InChI is InChI=1S/C21H20O6/c1-10-5-6-13-16(11-3-2-4-12(9-11)21(25)26)14-7-8-15(22)18(24)20(14)27-19(13)17(10)23/h5-8,11-12,22-24H,1-4,9H2,(H,25,26). The quantitative estimate of drug-likeness (QED) is 0.607. The Morgan fingerprint density at radius 3 is 2.56 bits per heavy atom. The van der Waals surface area contributed by atoms with Crippen molar-refractivity contribution >= 4 is 18.1 Å². The molecule has 0 saturated heterocycles. The van der Waals surface area contributed by atoms with Gasteiger partial charge < -0.3 is 25.2 Å². The van der Waals surface area contributed by atoms with Crippen LogP contribution in [0.15, 0.2) is 24.3 Å². The summed E-state index contributed by atoms with van der Waals surface area (Å²) < 4.78 is 5.76. The minimum Gasteiger partial charge on any atom is -0.504 e. The average Bonchev–Trinajstić information content (AvgIpc) is 2.66. The Hall–Kier alpha value is -3.15. The second kappa shape index (κ2) is 6.23. The van der Waals surface area contributed by atoms with E-state index in [1.807, 2.05) is 0 Å². The van der Waals surface area contributed by atoms with Crippen LogP contribution >= 0.6 is 0 Å². The zero-order valence-electron chi connectivity index (χ0n) is 14.6. The van der Waals surface area contributed by atoms with Crippen molar-refractivity contribution in [3.8, 4) is 28.7 Å². The van der Waals surface area contributed by atoms with Crippen LogP contribution < -0.4 is 15.2 Å². The maximum absolute atomic E-state index is 11.5. The number of phenols is 3. The van der Waals surface area contributed by atoms with E-state index in [2.05, 4.69) is 6.58 Å². The summed E-state index contributed by atoms with van der Waals surface area (Å²) >= 11 is 0. The van der Waals surface area contributed by atoms with Gasteiger partial charge in [0.1, 0.15) is 0 Å². The van der Waals surface area contributed by atoms with Gasteiger partial charge in [0.15, 0.2) is 23.0 Å². The normalized spacial score (nSPS) is 21.1. The monoisotopic (exact) mass is 368 g/mol. The van der Waals surface area contributed by atoms with Crippen LogP contribution in [0, 0.1) is 11.8 Å². The molecule has 6 nitrogen and oxygen atoms in total. The number of ether oxygens (including phenoxy) is 1. The molecule has 0 aromatic heterocycles. The fraction of sp³-hybridized carbons (Fsp3) is 0.286. The van der Waals surface area contributed by atoms with Crippen molar-refractivity contribution in [1.29, 1.82) is 0 Å². The van der Waals surface area contributed by atoms with Gasteiger partial charge in [-0.15, -0.1) is 0 Å². The smallest absolute Gasteiger partial charge is 0.306 e. The summed E-state index contributed by atoms with van der Waals surface area (Å²) in [5.74, 6) is -1.94. The minimum atomic E-state index is -0.808. The number of aromatic hydroxyl groups is 3. The molecule has 2 aromatic carbocycles. The van der Waals surface area contributed by atoms with Gasteiger partial charge in [0.25, 0.3) is 0 Å². The molecule has 27 heavy (non-hydrogen) atoms. The first kappa shape index (κ1) is 17.3. The molecular weight excluding hydrogens is 348 g/mol. The van der Waals surface area contributed by atoms with Crippen LogP contribution in [0.3, 0.4) is 0 Å². The van der Waals surface area contributed by atoms with Crippen LogP contribution in [0.1, 0.15) is 31.2 Å². The van der Waals surface area contributed by atoms with Gasteiger partial charge in [0.2, 0.25) is 5.75 Å². The summed E-state index contributed by atoms with van der Waals surface area (Å²) in [5.41, 5.74) is 1.42. The summed E-state index contributed by atoms with van der Waals surface area (Å²) in [6, 6.07) is 6.52. The first-order valence-corrected chi connectivity index (χ1v) is 8.89. The molecular formula is C21H20O6. The summed E-state index contributed by atoms with van der Waals surface area (Å²) in [6.45, 7) is 3.77. The van der Waals surface area contributed by atoms with E-state index >= 15 is 0 Å². The van der Waals surface area contributed by atoms with Crippen LogP contribution in [0.4, 0.5) is 0 Å². The largest absolute Gasteiger partial charge is 0.504 e. The molecule has 1 aliphatic carbocycles. The number of carboxylic acid groups (broad SMARTS) is 1. The van der Waals surface area contributed by atoms with Gasteiger partial charge in [-0.05, 0) is 42.9 Å². The van der Waals surface area contributed by atoms with E-state index < -0.39 is 17.6 Å². The molecule has 2 atom stereocenters. The third-order valence-electron chi connectivity index (χ3n) is 5.54. The zero-order chi connectivity index (χ0) is 19.3. The predicted octanol–water partition coefficient (Wildman–Crippen LogP) is 2.41. The molecule has 1 saturated carbocycles. The maximum Gasteiger partial charge on any atom is 0.306 e. The third-order valence-corrected chi connectivity index (χ3v) is 5.54. The molecule has 0 bridgehead atoms. The summed E-state index contributed by atoms with van der Waals surface area (Å²) in [6.07, 6.45) is 2.68. The molecule has 0 spiro atoms. The van der Waals surface area contributed by atoms with Gasteiger partial charge in [0.05, 0.1) is 5.92 Å². The number of benzene rings is 2. The molecule has 2 unspecified atom stereocenters. The van der Waals surface area contributed by atoms with E-state index in [0.29, 0.717) is 28.8 Å². The van der Waals surface area contributed by atoms with Crippen LogP contribution in [-0.4, -0.2) is 26.4 Å². The zero-order valence-corrected chi connectivity index (χ0v) is 14.6. The number of carbonyl (C=O) groups is 1. The molecule has 4 rings (SSSR count). The highest BCUT2D eigenvalue weighted by Crippen LogP contribution is 2.49. The van der Waals surface area contributed by atoms with Crippen molar-refractivity contribution in [3.05, 3.63) is 40.3 Å². The lowest BCUT2D eigenvalue weighted by Crippen LogP contribution is -2.28. The highest BCUT2D eigenvalue weighted by molar-refractivity contribution is 5.81. The van der Waals surface area contributed by atoms with Gasteiger partial charge in [-0.2, -0.15) is 0 Å². The Kier molecular flexibility index (Phi) is 3.98. The molecule has 2 aromatic rings. The first-order chi connectivity index (χ1) is 12.9. The van der Waals surface area contributed by atoms with Crippen LogP contribution in [-0.2, 0) is 4.79 Å². The van der Waals surface area contributed by atoms with Crippen molar-refractivity contribution in [2.45, 2.75) is 25.7 Å². The summed E-state index contributed by atoms with van der Waals surface area (Å²) in [7, 11) is 0. The van der Waals surface area contributed by atoms with Crippen molar-refractivity contribution in [2.24, 2.45) is 11.8 Å². The Labute approximate surface area is 155 Å². The van der Waals surface area contributed by atoms with E-state index in [4.69, 9.17) is 4.74 Å². The number of fused-ring (bicyclic) bond motifs is 2. The molecule has 1 heterocycles. The molecule has 6 heteroatoms. The number of rotatable bonds is 2. The van der Waals surface area contributed by atoms with Crippen molar-refractivity contribution in [3.63, 3.8) is 0 Å². The van der Waals surface area contributed by atoms with Crippen molar-refractivity contribution in [2.75, 3.05) is 0 Å². The lowest BCUT2D eigenvalue weighted by molar-refractivity contribution is -0.143. The SMILES string of the molecule is C=c1ccc2c(c1O)Oc1c(ccc(O)c1O)C=2C1CCCC(C(=O)O)C1. The Morgan fingerprint density at radius 1 is 1.04 bits per heavy atom. The van der Waals surface area contributed by atoms with Gasteiger partial charge >= 0.3 is 5.97 Å². The van der Waals surface area contributed by atoms with Crippen LogP contribution in [0.2, 0.25) is 0 Å². The van der Waals surface area contributed by atoms with E-state index in [9.17, 15) is 25.2 Å². The van der Waals surface area contributed by atoms with E-state index in [0.717, 1.165) is 18.4 Å². The minimum absolute atomic E-state index is 0.0656. The number of carboxylic acids is 1. The summed E-state index contributed by atoms with van der Waals surface area (Å²) in [4.78, 5) is 11.5. The summed E-state index contributed by atoms with van der Waals surface area (Å²) in [5, 5.41) is 41.1. The topological polar surface area (TPSA) is 107 Å². The van der Waals surface area contributed by atoms with E-state index in [1.165, 1.54) is 6.07 Å². The number of aliphatic carboxylic acids is 1. The van der Waals surface area contributed by atoms with Gasteiger partial charge in [-0.3, -0.25) is 4.79 Å². The molecule has 0 radical (unpaired) electrons. The van der Waals surface area contributed by atoms with Crippen LogP contribution in [0.5, 0.6) is 28.7 Å². The number of phenolic OH excluding ortho intramolecular Hbond substituents is 3. The Morgan fingerprint density at radius 2 is 1.81 bits per heavy atom. The molecule has 2 aliphatic rings. The average molecular weight is 368 g/mol. The fourth-order valence-electron chi connectivity index (χ4n) is 4.17. The predicted molar refractivity (Wildman–Crippen MR) is 98.3 cm³/mol. The number of hydrogen-bond donors (Lipinski definition) is 4. The first-order valence-electron chi connectivity index (χ1n) is 8.89. The van der Waals surface area contributed by atoms with Crippen molar-refractivity contribution < 1.29 is 30.0 Å². The van der Waals surface area contributed by atoms with Gasteiger partial charge in [-0.25, -0.2) is 0 Å². The number of hydrogen-bond acceptors (Lipinski definition) is 5. The molecule has 1 fully saturated rings. The highest BCUT2D eigenvalue weighted by Gasteiger charge is 2.34.